The standard InChI is InChI=1S/C21H32ClN3O3S/c1-15(2)24-11-8-18(9-12-24)23-21(26)17-6-7-19(22)20(13-17)29(27,28)25-10-4-5-16(3)14-25/h6-7,13,15-16,18H,4-5,8-12,14H2,1-3H3,(H,23,26)/t16-/m1/s1. The SMILES string of the molecule is CC(C)N1CCC(NC(=O)c2ccc(Cl)c(S(=O)(=O)N3CCC[C@@H](C)C3)c2)CC1. The lowest BCUT2D eigenvalue weighted by molar-refractivity contribution is 0.0900. The molecule has 1 atom stereocenters. The Morgan fingerprint density at radius 2 is 1.86 bits per heavy atom. The van der Waals surface area contributed by atoms with Gasteiger partial charge in [-0.25, -0.2) is 8.42 Å². The zero-order valence-electron chi connectivity index (χ0n) is 17.5. The zero-order valence-corrected chi connectivity index (χ0v) is 19.1. The summed E-state index contributed by atoms with van der Waals surface area (Å²) in [5.41, 5.74) is 0.337. The van der Waals surface area contributed by atoms with Crippen molar-refractivity contribution in [2.24, 2.45) is 5.92 Å². The summed E-state index contributed by atoms with van der Waals surface area (Å²) in [5, 5.41) is 3.22. The number of likely N-dealkylation sites (tertiary alicyclic amines) is 1. The maximum absolute atomic E-state index is 13.1. The first-order valence-electron chi connectivity index (χ1n) is 10.5. The van der Waals surface area contributed by atoms with Gasteiger partial charge >= 0.3 is 0 Å². The molecule has 3 rings (SSSR count). The number of nitrogens with zero attached hydrogens (tertiary/aromatic N) is 2. The molecular formula is C21H32ClN3O3S. The van der Waals surface area contributed by atoms with Gasteiger partial charge in [0.15, 0.2) is 0 Å². The van der Waals surface area contributed by atoms with Crippen LogP contribution in [0.15, 0.2) is 23.1 Å². The highest BCUT2D eigenvalue weighted by atomic mass is 35.5. The van der Waals surface area contributed by atoms with Crippen molar-refractivity contribution in [3.05, 3.63) is 28.8 Å². The summed E-state index contributed by atoms with van der Waals surface area (Å²) in [6, 6.07) is 5.15. The van der Waals surface area contributed by atoms with Crippen LogP contribution in [0.3, 0.4) is 0 Å². The number of carbonyl (C=O) groups is 1. The zero-order chi connectivity index (χ0) is 21.2. The van der Waals surface area contributed by atoms with Gasteiger partial charge in [-0.1, -0.05) is 18.5 Å². The maximum atomic E-state index is 13.1. The third kappa shape index (κ3) is 5.32. The monoisotopic (exact) mass is 441 g/mol. The number of halogens is 1. The molecule has 0 spiro atoms. The third-order valence-electron chi connectivity index (χ3n) is 6.03. The van der Waals surface area contributed by atoms with Crippen LogP contribution in [0.1, 0.15) is 56.8 Å². The van der Waals surface area contributed by atoms with Gasteiger partial charge in [-0.05, 0) is 63.6 Å². The van der Waals surface area contributed by atoms with Crippen molar-refractivity contribution in [2.45, 2.75) is 63.4 Å². The van der Waals surface area contributed by atoms with Crippen LogP contribution in [0.2, 0.25) is 5.02 Å². The van der Waals surface area contributed by atoms with Crippen molar-refractivity contribution in [2.75, 3.05) is 26.2 Å². The van der Waals surface area contributed by atoms with E-state index in [2.05, 4.69) is 31.0 Å². The molecule has 0 bridgehead atoms. The van der Waals surface area contributed by atoms with E-state index in [9.17, 15) is 13.2 Å². The predicted octanol–water partition coefficient (Wildman–Crippen LogP) is 3.36. The van der Waals surface area contributed by atoms with Crippen LogP contribution in [0.5, 0.6) is 0 Å². The topological polar surface area (TPSA) is 69.7 Å². The third-order valence-corrected chi connectivity index (χ3v) is 8.37. The van der Waals surface area contributed by atoms with Gasteiger partial charge in [0.1, 0.15) is 4.90 Å². The van der Waals surface area contributed by atoms with Gasteiger partial charge in [0.05, 0.1) is 5.02 Å². The van der Waals surface area contributed by atoms with Gasteiger partial charge in [0.25, 0.3) is 5.91 Å². The van der Waals surface area contributed by atoms with Gasteiger partial charge in [-0.2, -0.15) is 4.31 Å². The van der Waals surface area contributed by atoms with E-state index in [4.69, 9.17) is 11.6 Å². The molecule has 2 aliphatic heterocycles. The highest BCUT2D eigenvalue weighted by molar-refractivity contribution is 7.89. The van der Waals surface area contributed by atoms with E-state index in [-0.39, 0.29) is 21.9 Å². The average molecular weight is 442 g/mol. The summed E-state index contributed by atoms with van der Waals surface area (Å²) < 4.78 is 27.7. The molecule has 1 amide bonds. The number of piperidine rings is 2. The van der Waals surface area contributed by atoms with Crippen LogP contribution in [0, 0.1) is 5.92 Å². The Balaban J connectivity index is 1.72. The highest BCUT2D eigenvalue weighted by Crippen LogP contribution is 2.29. The molecule has 29 heavy (non-hydrogen) atoms. The highest BCUT2D eigenvalue weighted by Gasteiger charge is 2.31. The number of hydrogen-bond acceptors (Lipinski definition) is 4. The molecule has 0 radical (unpaired) electrons. The molecular weight excluding hydrogens is 410 g/mol. The van der Waals surface area contributed by atoms with E-state index in [1.54, 1.807) is 6.07 Å². The Bertz CT molecular complexity index is 836. The van der Waals surface area contributed by atoms with Crippen LogP contribution >= 0.6 is 11.6 Å². The molecule has 162 valence electrons. The van der Waals surface area contributed by atoms with Crippen LogP contribution < -0.4 is 5.32 Å². The second kappa shape index (κ2) is 9.33. The largest absolute Gasteiger partial charge is 0.349 e. The van der Waals surface area contributed by atoms with Gasteiger partial charge in [0, 0.05) is 43.8 Å². The lowest BCUT2D eigenvalue weighted by atomic mass is 10.0. The fraction of sp³-hybridized carbons (Fsp3) is 0.667. The van der Waals surface area contributed by atoms with E-state index in [0.717, 1.165) is 38.8 Å². The fourth-order valence-electron chi connectivity index (χ4n) is 4.17. The molecule has 2 fully saturated rings. The summed E-state index contributed by atoms with van der Waals surface area (Å²) in [5.74, 6) is 0.0774. The Hall–Kier alpha value is -1.15. The number of nitrogens with one attached hydrogen (secondary N) is 1. The van der Waals surface area contributed by atoms with Crippen molar-refractivity contribution < 1.29 is 13.2 Å². The minimum absolute atomic E-state index is 0.0237. The van der Waals surface area contributed by atoms with Crippen molar-refractivity contribution in [1.82, 2.24) is 14.5 Å². The molecule has 0 aromatic heterocycles. The lowest BCUT2D eigenvalue weighted by Crippen LogP contribution is -2.46. The van der Waals surface area contributed by atoms with Gasteiger partial charge in [-0.15, -0.1) is 0 Å². The molecule has 2 heterocycles. The normalized spacial score (nSPS) is 22.7. The van der Waals surface area contributed by atoms with Crippen molar-refractivity contribution in [3.63, 3.8) is 0 Å². The first-order valence-corrected chi connectivity index (χ1v) is 12.3. The van der Waals surface area contributed by atoms with Crippen LogP contribution in [0.4, 0.5) is 0 Å². The minimum atomic E-state index is -3.72. The molecule has 0 aliphatic carbocycles. The van der Waals surface area contributed by atoms with Crippen molar-refractivity contribution in [1.29, 1.82) is 0 Å². The molecule has 2 saturated heterocycles. The first-order chi connectivity index (χ1) is 13.7. The van der Waals surface area contributed by atoms with Crippen LogP contribution in [-0.4, -0.2) is 61.8 Å². The van der Waals surface area contributed by atoms with Gasteiger partial charge in [-0.3, -0.25) is 4.79 Å². The molecule has 6 nitrogen and oxygen atoms in total. The second-order valence-electron chi connectivity index (χ2n) is 8.63. The molecule has 0 unspecified atom stereocenters. The maximum Gasteiger partial charge on any atom is 0.251 e. The summed E-state index contributed by atoms with van der Waals surface area (Å²) in [6.45, 7) is 9.30. The quantitative estimate of drug-likeness (QED) is 0.760. The van der Waals surface area contributed by atoms with Crippen LogP contribution in [0.25, 0.3) is 0 Å². The smallest absolute Gasteiger partial charge is 0.251 e. The molecule has 1 N–H and O–H groups in total. The number of carbonyl (C=O) groups excluding carboxylic acids is 1. The predicted molar refractivity (Wildman–Crippen MR) is 116 cm³/mol. The molecule has 0 saturated carbocycles. The van der Waals surface area contributed by atoms with E-state index in [0.29, 0.717) is 30.6 Å². The molecule has 2 aliphatic rings. The first kappa shape index (κ1) is 22.5. The molecule has 1 aromatic carbocycles. The Morgan fingerprint density at radius 3 is 2.48 bits per heavy atom. The van der Waals surface area contributed by atoms with Crippen LogP contribution in [-0.2, 0) is 10.0 Å². The molecule has 1 aromatic rings. The minimum Gasteiger partial charge on any atom is -0.349 e. The Morgan fingerprint density at radius 1 is 1.17 bits per heavy atom. The van der Waals surface area contributed by atoms with Gasteiger partial charge < -0.3 is 10.2 Å². The Labute approximate surface area is 179 Å². The van der Waals surface area contributed by atoms with E-state index in [1.165, 1.54) is 16.4 Å². The molecule has 8 heteroatoms. The Kier molecular flexibility index (Phi) is 7.25. The van der Waals surface area contributed by atoms with E-state index in [1.807, 2.05) is 0 Å². The summed E-state index contributed by atoms with van der Waals surface area (Å²) in [4.78, 5) is 15.2. The number of hydrogen-bond donors (Lipinski definition) is 1. The lowest BCUT2D eigenvalue weighted by Gasteiger charge is -2.34. The van der Waals surface area contributed by atoms with E-state index >= 15 is 0 Å². The number of sulfonamides is 1. The number of benzene rings is 1. The summed E-state index contributed by atoms with van der Waals surface area (Å²) in [6.07, 6.45) is 3.66. The average Bonchev–Trinajstić information content (AvgIpc) is 2.68. The second-order valence-corrected chi connectivity index (χ2v) is 10.9. The van der Waals surface area contributed by atoms with Crippen molar-refractivity contribution in [3.8, 4) is 0 Å². The number of amides is 1. The van der Waals surface area contributed by atoms with Crippen molar-refractivity contribution >= 4 is 27.5 Å². The fourth-order valence-corrected chi connectivity index (χ4v) is 6.27. The summed E-state index contributed by atoms with van der Waals surface area (Å²) >= 11 is 6.24. The number of rotatable bonds is 5. The summed E-state index contributed by atoms with van der Waals surface area (Å²) in [7, 11) is -3.72. The van der Waals surface area contributed by atoms with Gasteiger partial charge in [0.2, 0.25) is 10.0 Å². The van der Waals surface area contributed by atoms with E-state index < -0.39 is 10.0 Å².